The molecule has 6 heteroatoms. The van der Waals surface area contributed by atoms with E-state index in [0.29, 0.717) is 18.9 Å². The molecule has 1 aliphatic heterocycles. The van der Waals surface area contributed by atoms with Gasteiger partial charge in [0.15, 0.2) is 0 Å². The normalized spacial score (nSPS) is 22.2. The standard InChI is InChI=1S/C13H16N2O4/c1-15(12(16)10-6-19-7-11(10)14)9-4-2-8(3-5-9)13(17)18/h2-5,10-11H,6-7,14H2,1H3,(H,17,18). The van der Waals surface area contributed by atoms with Gasteiger partial charge in [0.1, 0.15) is 0 Å². The average molecular weight is 264 g/mol. The molecule has 1 saturated heterocycles. The van der Waals surface area contributed by atoms with Crippen LogP contribution in [-0.2, 0) is 9.53 Å². The highest BCUT2D eigenvalue weighted by Gasteiger charge is 2.33. The van der Waals surface area contributed by atoms with Crippen LogP contribution in [0.1, 0.15) is 10.4 Å². The summed E-state index contributed by atoms with van der Waals surface area (Å²) in [7, 11) is 1.64. The number of rotatable bonds is 3. The molecule has 2 unspecified atom stereocenters. The fraction of sp³-hybridized carbons (Fsp3) is 0.385. The molecule has 1 amide bonds. The molecule has 2 atom stereocenters. The van der Waals surface area contributed by atoms with E-state index in [1.165, 1.54) is 17.0 Å². The van der Waals surface area contributed by atoms with Crippen molar-refractivity contribution in [1.82, 2.24) is 0 Å². The van der Waals surface area contributed by atoms with Gasteiger partial charge >= 0.3 is 5.97 Å². The molecule has 102 valence electrons. The van der Waals surface area contributed by atoms with Crippen LogP contribution in [0.5, 0.6) is 0 Å². The molecule has 3 N–H and O–H groups in total. The summed E-state index contributed by atoms with van der Waals surface area (Å²) in [5.74, 6) is -1.45. The lowest BCUT2D eigenvalue weighted by Crippen LogP contribution is -2.42. The van der Waals surface area contributed by atoms with Crippen molar-refractivity contribution in [2.24, 2.45) is 11.7 Å². The Labute approximate surface area is 110 Å². The van der Waals surface area contributed by atoms with Crippen molar-refractivity contribution in [3.8, 4) is 0 Å². The third kappa shape index (κ3) is 2.74. The van der Waals surface area contributed by atoms with Crippen molar-refractivity contribution in [2.75, 3.05) is 25.2 Å². The zero-order valence-corrected chi connectivity index (χ0v) is 10.6. The first-order chi connectivity index (χ1) is 9.00. The van der Waals surface area contributed by atoms with Crippen molar-refractivity contribution in [3.63, 3.8) is 0 Å². The number of hydrogen-bond donors (Lipinski definition) is 2. The fourth-order valence-corrected chi connectivity index (χ4v) is 2.03. The zero-order valence-electron chi connectivity index (χ0n) is 10.6. The third-order valence-corrected chi connectivity index (χ3v) is 3.27. The number of carboxylic acids is 1. The number of nitrogens with two attached hydrogens (primary N) is 1. The van der Waals surface area contributed by atoms with Gasteiger partial charge in [-0.2, -0.15) is 0 Å². The number of ether oxygens (including phenoxy) is 1. The van der Waals surface area contributed by atoms with E-state index in [0.717, 1.165) is 0 Å². The summed E-state index contributed by atoms with van der Waals surface area (Å²) in [6.45, 7) is 0.722. The molecule has 0 aliphatic carbocycles. The first-order valence-corrected chi connectivity index (χ1v) is 5.95. The highest BCUT2D eigenvalue weighted by molar-refractivity contribution is 5.96. The molecule has 1 aliphatic rings. The van der Waals surface area contributed by atoms with Gasteiger partial charge in [-0.25, -0.2) is 4.79 Å². The number of anilines is 1. The first-order valence-electron chi connectivity index (χ1n) is 5.95. The SMILES string of the molecule is CN(C(=O)C1COCC1N)c1ccc(C(=O)O)cc1. The first kappa shape index (κ1) is 13.5. The second kappa shape index (κ2) is 5.38. The molecule has 2 rings (SSSR count). The van der Waals surface area contributed by atoms with E-state index in [2.05, 4.69) is 0 Å². The molecule has 0 radical (unpaired) electrons. The van der Waals surface area contributed by atoms with Crippen molar-refractivity contribution >= 4 is 17.6 Å². The van der Waals surface area contributed by atoms with Gasteiger partial charge in [-0.1, -0.05) is 0 Å². The Morgan fingerprint density at radius 1 is 1.32 bits per heavy atom. The lowest BCUT2D eigenvalue weighted by Gasteiger charge is -2.22. The Kier molecular flexibility index (Phi) is 3.82. The summed E-state index contributed by atoms with van der Waals surface area (Å²) in [5, 5.41) is 8.82. The second-order valence-electron chi connectivity index (χ2n) is 4.56. The number of amides is 1. The molecular formula is C13H16N2O4. The van der Waals surface area contributed by atoms with Crippen LogP contribution in [-0.4, -0.2) is 43.3 Å². The van der Waals surface area contributed by atoms with Gasteiger partial charge in [-0.05, 0) is 24.3 Å². The molecule has 0 aromatic heterocycles. The van der Waals surface area contributed by atoms with Gasteiger partial charge in [-0.3, -0.25) is 4.79 Å². The molecule has 1 fully saturated rings. The maximum atomic E-state index is 12.2. The van der Waals surface area contributed by atoms with Crippen LogP contribution in [0.15, 0.2) is 24.3 Å². The van der Waals surface area contributed by atoms with Gasteiger partial charge in [0.2, 0.25) is 5.91 Å². The summed E-state index contributed by atoms with van der Waals surface area (Å²) in [5.41, 5.74) is 6.63. The van der Waals surface area contributed by atoms with E-state index in [1.54, 1.807) is 19.2 Å². The van der Waals surface area contributed by atoms with Crippen molar-refractivity contribution in [1.29, 1.82) is 0 Å². The minimum Gasteiger partial charge on any atom is -0.478 e. The number of carbonyl (C=O) groups excluding carboxylic acids is 1. The molecule has 1 aromatic rings. The monoisotopic (exact) mass is 264 g/mol. The Balaban J connectivity index is 2.12. The van der Waals surface area contributed by atoms with Crippen LogP contribution in [0.4, 0.5) is 5.69 Å². The quantitative estimate of drug-likeness (QED) is 0.820. The highest BCUT2D eigenvalue weighted by Crippen LogP contribution is 2.20. The predicted octanol–water partition coefficient (Wildman–Crippen LogP) is 0.321. The smallest absolute Gasteiger partial charge is 0.335 e. The number of nitrogens with zero attached hydrogens (tertiary/aromatic N) is 1. The maximum Gasteiger partial charge on any atom is 0.335 e. The topological polar surface area (TPSA) is 92.9 Å². The Morgan fingerprint density at radius 3 is 2.42 bits per heavy atom. The molecule has 0 spiro atoms. The van der Waals surface area contributed by atoms with Crippen LogP contribution in [0.3, 0.4) is 0 Å². The molecular weight excluding hydrogens is 248 g/mol. The molecule has 0 bridgehead atoms. The van der Waals surface area contributed by atoms with Gasteiger partial charge in [0.05, 0.1) is 24.7 Å². The largest absolute Gasteiger partial charge is 0.478 e. The summed E-state index contributed by atoms with van der Waals surface area (Å²) in [4.78, 5) is 24.5. The third-order valence-electron chi connectivity index (χ3n) is 3.27. The van der Waals surface area contributed by atoms with Gasteiger partial charge in [-0.15, -0.1) is 0 Å². The maximum absolute atomic E-state index is 12.2. The molecule has 0 saturated carbocycles. The summed E-state index contributed by atoms with van der Waals surface area (Å²) in [6, 6.07) is 5.85. The fourth-order valence-electron chi connectivity index (χ4n) is 2.03. The molecule has 6 nitrogen and oxygen atoms in total. The van der Waals surface area contributed by atoms with E-state index in [9.17, 15) is 9.59 Å². The van der Waals surface area contributed by atoms with Crippen molar-refractivity contribution < 1.29 is 19.4 Å². The number of carboxylic acid groups (broad SMARTS) is 1. The second-order valence-corrected chi connectivity index (χ2v) is 4.56. The Morgan fingerprint density at radius 2 is 1.95 bits per heavy atom. The van der Waals surface area contributed by atoms with E-state index in [1.807, 2.05) is 0 Å². The van der Waals surface area contributed by atoms with E-state index in [-0.39, 0.29) is 23.4 Å². The van der Waals surface area contributed by atoms with Crippen molar-refractivity contribution in [3.05, 3.63) is 29.8 Å². The van der Waals surface area contributed by atoms with Gasteiger partial charge in [0.25, 0.3) is 0 Å². The van der Waals surface area contributed by atoms with Crippen LogP contribution in [0.25, 0.3) is 0 Å². The molecule has 1 aromatic carbocycles. The molecule has 1 heterocycles. The number of benzene rings is 1. The molecule has 19 heavy (non-hydrogen) atoms. The zero-order chi connectivity index (χ0) is 14.0. The van der Waals surface area contributed by atoms with Crippen LogP contribution < -0.4 is 10.6 Å². The minimum absolute atomic E-state index is 0.118. The average Bonchev–Trinajstić information content (AvgIpc) is 2.83. The minimum atomic E-state index is -0.994. The van der Waals surface area contributed by atoms with Crippen LogP contribution >= 0.6 is 0 Å². The number of aromatic carboxylic acids is 1. The van der Waals surface area contributed by atoms with E-state index < -0.39 is 5.97 Å². The highest BCUT2D eigenvalue weighted by atomic mass is 16.5. The summed E-state index contributed by atoms with van der Waals surface area (Å²) in [6.07, 6.45) is 0. The van der Waals surface area contributed by atoms with Crippen LogP contribution in [0, 0.1) is 5.92 Å². The van der Waals surface area contributed by atoms with E-state index in [4.69, 9.17) is 15.6 Å². The lowest BCUT2D eigenvalue weighted by atomic mass is 10.0. The van der Waals surface area contributed by atoms with Gasteiger partial charge < -0.3 is 20.5 Å². The van der Waals surface area contributed by atoms with Gasteiger partial charge in [0, 0.05) is 18.8 Å². The lowest BCUT2D eigenvalue weighted by molar-refractivity contribution is -0.122. The summed E-state index contributed by atoms with van der Waals surface area (Å²) >= 11 is 0. The van der Waals surface area contributed by atoms with E-state index >= 15 is 0 Å². The number of hydrogen-bond acceptors (Lipinski definition) is 4. The Bertz CT molecular complexity index is 486. The van der Waals surface area contributed by atoms with Crippen LogP contribution in [0.2, 0.25) is 0 Å². The predicted molar refractivity (Wildman–Crippen MR) is 69.1 cm³/mol. The van der Waals surface area contributed by atoms with Crippen molar-refractivity contribution in [2.45, 2.75) is 6.04 Å². The Hall–Kier alpha value is -1.92. The number of carbonyl (C=O) groups is 2. The summed E-state index contributed by atoms with van der Waals surface area (Å²) < 4.78 is 5.18.